The molecule has 0 amide bonds. The number of furan rings is 3. The maximum atomic E-state index is 5.72. The number of fused-ring (bicyclic) bond motifs is 30. The molecule has 14 aromatic carbocycles. The minimum atomic E-state index is 0.685. The lowest BCUT2D eigenvalue weighted by Gasteiger charge is -2.13. The molecule has 0 spiro atoms. The zero-order valence-electron chi connectivity index (χ0n) is 83.3. The molecule has 32 aromatic rings. The van der Waals surface area contributed by atoms with E-state index >= 15 is 0 Å². The van der Waals surface area contributed by atoms with Crippen molar-refractivity contribution in [1.29, 1.82) is 0 Å². The summed E-state index contributed by atoms with van der Waals surface area (Å²) in [6.07, 6.45) is 14.7. The van der Waals surface area contributed by atoms with Gasteiger partial charge in [-0.1, -0.05) is 255 Å². The van der Waals surface area contributed by atoms with Gasteiger partial charge < -0.3 is 13.3 Å². The molecule has 0 unspecified atom stereocenters. The van der Waals surface area contributed by atoms with Crippen LogP contribution in [0.25, 0.3) is 237 Å². The number of hydrogen-bond donors (Lipinski definition) is 0. The third-order valence-corrected chi connectivity index (χ3v) is 31.7. The van der Waals surface area contributed by atoms with Crippen molar-refractivity contribution >= 4 is 248 Å². The Labute approximate surface area is 873 Å². The molecule has 18 aromatic heterocycles. The van der Waals surface area contributed by atoms with Crippen LogP contribution in [0.5, 0.6) is 0 Å². The van der Waals surface area contributed by atoms with E-state index in [1.165, 1.54) is 149 Å². The fourth-order valence-electron chi connectivity index (χ4n) is 21.0. The van der Waals surface area contributed by atoms with Crippen molar-refractivity contribution in [2.75, 3.05) is 0 Å². The average molecular weight is 2000 g/mol. The topological polar surface area (TPSA) is 175 Å². The summed E-state index contributed by atoms with van der Waals surface area (Å²) in [6.45, 7) is 16.6. The summed E-state index contributed by atoms with van der Waals surface area (Å²) in [5, 5.41) is 24.6. The molecular formula is C131H95N13O3S3. The first-order valence-electron chi connectivity index (χ1n) is 49.9. The van der Waals surface area contributed by atoms with Gasteiger partial charge in [0.15, 0.2) is 11.2 Å². The second-order valence-corrected chi connectivity index (χ2v) is 40.5. The monoisotopic (exact) mass is 1990 g/mol. The van der Waals surface area contributed by atoms with Gasteiger partial charge in [-0.2, -0.15) is 4.98 Å². The van der Waals surface area contributed by atoms with Crippen LogP contribution in [-0.4, -0.2) is 63.1 Å². The van der Waals surface area contributed by atoms with Crippen molar-refractivity contribution in [1.82, 2.24) is 63.1 Å². The van der Waals surface area contributed by atoms with Crippen molar-refractivity contribution < 1.29 is 13.3 Å². The van der Waals surface area contributed by atoms with Crippen LogP contribution in [0.2, 0.25) is 0 Å². The van der Waals surface area contributed by atoms with Gasteiger partial charge in [-0.05, 0) is 205 Å². The molecular weight excluding hydrogens is 1900 g/mol. The van der Waals surface area contributed by atoms with Crippen LogP contribution in [-0.2, 0) is 0 Å². The lowest BCUT2D eigenvalue weighted by molar-refractivity contribution is 0.651. The molecule has 0 aliphatic carbocycles. The van der Waals surface area contributed by atoms with E-state index in [-0.39, 0.29) is 0 Å². The van der Waals surface area contributed by atoms with E-state index in [0.29, 0.717) is 5.95 Å². The van der Waals surface area contributed by atoms with Gasteiger partial charge in [0.25, 0.3) is 0 Å². The van der Waals surface area contributed by atoms with Crippen LogP contribution in [0, 0.1) is 55.4 Å². The molecule has 19 heteroatoms. The molecule has 0 N–H and O–H groups in total. The molecule has 0 atom stereocenters. The first-order valence-corrected chi connectivity index (χ1v) is 52.3. The van der Waals surface area contributed by atoms with E-state index in [9.17, 15) is 0 Å². The fourth-order valence-corrected chi connectivity index (χ4v) is 24.3. The van der Waals surface area contributed by atoms with Crippen molar-refractivity contribution in [3.05, 3.63) is 477 Å². The van der Waals surface area contributed by atoms with Gasteiger partial charge >= 0.3 is 0 Å². The Morgan fingerprint density at radius 2 is 0.587 bits per heavy atom. The Bertz CT molecular complexity index is 9210. The second kappa shape index (κ2) is 39.4. The predicted molar refractivity (Wildman–Crippen MR) is 627 cm³/mol. The van der Waals surface area contributed by atoms with Crippen molar-refractivity contribution in [2.24, 2.45) is 0 Å². The number of pyridine rings is 7. The first kappa shape index (κ1) is 92.6. The molecule has 0 radical (unpaired) electrons. The highest BCUT2D eigenvalue weighted by molar-refractivity contribution is 7.26. The van der Waals surface area contributed by atoms with Gasteiger partial charge in [0.05, 0.1) is 71.1 Å². The summed E-state index contributed by atoms with van der Waals surface area (Å²) >= 11 is 5.43. The molecule has 18 heterocycles. The summed E-state index contributed by atoms with van der Waals surface area (Å²) in [6, 6.07) is 133. The van der Waals surface area contributed by atoms with Crippen LogP contribution >= 0.6 is 34.0 Å². The minimum absolute atomic E-state index is 0.685. The number of benzene rings is 14. The number of nitrogens with zero attached hydrogens (tertiary/aromatic N) is 13. The summed E-state index contributed by atoms with van der Waals surface area (Å²) in [5.41, 5.74) is 23.7. The fraction of sp³-hybridized carbons (Fsp3) is 0.0611. The standard InChI is InChI=1S/C30H21N3.C29H20N4.3C12H9NO.3C12H9NS/c1-20-18-29(32-25-14-6-2-10-21(25)22-11-3-7-15-26(22)32)31-30(19-20)33-27-16-8-4-12-23(27)24-13-5-9-17-28(24)33;1-19-18-28(32-24-14-6-2-10-20(24)21-11-3-7-15-25(21)32)31-29(30-19)33-26-16-8-4-12-22(26)23-13-5-9-17-27(23)33;1-8-4-2-5-9-10-6-3-7-13-12(10)14-11(8)9;1-8-3-2-4-10-9-5-6-13-7-11(9)14-12(8)10;1-8-12-10(6-7-13-8)9-4-2-3-5-11(9)14-12;1-8-4-2-5-9-10-6-3-7-13-12(10)14-11(8)9;1-8-3-2-4-10-9-5-6-13-7-11(9)14-12(8)10;1-8-12-10(6-7-13-8)9-4-2-3-5-11(9)14-12/h2-19H,1H3;2-18H,1H3;6*2-7H,1H3. The zero-order chi connectivity index (χ0) is 101. The molecule has 0 bridgehead atoms. The quantitative estimate of drug-likeness (QED) is 0.163. The minimum Gasteiger partial charge on any atom is -0.454 e. The number of rotatable bonds is 4. The lowest BCUT2D eigenvalue weighted by Crippen LogP contribution is -2.07. The van der Waals surface area contributed by atoms with Gasteiger partial charge in [0.2, 0.25) is 11.7 Å². The van der Waals surface area contributed by atoms with Crippen LogP contribution in [0.15, 0.2) is 445 Å². The molecule has 0 fully saturated rings. The summed E-state index contributed by atoms with van der Waals surface area (Å²) < 4.78 is 32.8. The van der Waals surface area contributed by atoms with E-state index in [0.717, 1.165) is 128 Å². The smallest absolute Gasteiger partial charge is 0.236 e. The van der Waals surface area contributed by atoms with Crippen LogP contribution < -0.4 is 0 Å². The zero-order valence-corrected chi connectivity index (χ0v) is 85.7. The average Bonchev–Trinajstić information content (AvgIpc) is 1.58. The largest absolute Gasteiger partial charge is 0.454 e. The SMILES string of the molecule is Cc1cc(-n2c3ccccc3c3ccccc32)nc(-n2c3ccccc3c3ccccc32)c1.Cc1cc(-n2c3ccccc3c3ccccc32)nc(-n2c3ccccc3c3ccccc32)n1.Cc1cccc2c1oc1cnccc12.Cc1cccc2c1oc1ncccc12.Cc1cccc2c1sc1cnccc12.Cc1cccc2c1sc1ncccc12.Cc1nccc2c1oc1ccccc12.Cc1nccc2c1sc1ccccc12. The van der Waals surface area contributed by atoms with E-state index < -0.39 is 0 Å². The van der Waals surface area contributed by atoms with Crippen LogP contribution in [0.1, 0.15) is 44.9 Å². The molecule has 16 nitrogen and oxygen atoms in total. The Morgan fingerprint density at radius 3 is 1.14 bits per heavy atom. The first-order chi connectivity index (χ1) is 73.7. The van der Waals surface area contributed by atoms with Crippen LogP contribution in [0.4, 0.5) is 0 Å². The van der Waals surface area contributed by atoms with Gasteiger partial charge in [-0.3, -0.25) is 38.2 Å². The molecule has 720 valence electrons. The highest BCUT2D eigenvalue weighted by Gasteiger charge is 2.23. The Morgan fingerprint density at radius 1 is 0.220 bits per heavy atom. The summed E-state index contributed by atoms with van der Waals surface area (Å²) in [5.74, 6) is 3.43. The van der Waals surface area contributed by atoms with Gasteiger partial charge in [0.1, 0.15) is 39.0 Å². The maximum Gasteiger partial charge on any atom is 0.236 e. The normalized spacial score (nSPS) is 11.5. The number of aromatic nitrogens is 13. The molecule has 0 saturated carbocycles. The third kappa shape index (κ3) is 16.9. The van der Waals surface area contributed by atoms with E-state index in [1.54, 1.807) is 29.9 Å². The summed E-state index contributed by atoms with van der Waals surface area (Å²) in [4.78, 5) is 41.7. The molecule has 150 heavy (non-hydrogen) atoms. The third-order valence-electron chi connectivity index (χ3n) is 27.9. The van der Waals surface area contributed by atoms with Crippen molar-refractivity contribution in [3.63, 3.8) is 0 Å². The van der Waals surface area contributed by atoms with Crippen LogP contribution in [0.3, 0.4) is 0 Å². The number of para-hydroxylation sites is 11. The van der Waals surface area contributed by atoms with Gasteiger partial charge in [-0.15, -0.1) is 34.0 Å². The Hall–Kier alpha value is -18.5. The highest BCUT2D eigenvalue weighted by Crippen LogP contribution is 2.43. The summed E-state index contributed by atoms with van der Waals surface area (Å²) in [7, 11) is 0. The predicted octanol–water partition coefficient (Wildman–Crippen LogP) is 35.7. The Balaban J connectivity index is 0.0000000919. The number of aryl methyl sites for hydroxylation is 8. The van der Waals surface area contributed by atoms with Gasteiger partial charge in [-0.25, -0.2) is 19.9 Å². The van der Waals surface area contributed by atoms with E-state index in [1.807, 2.05) is 141 Å². The Kier molecular flexibility index (Phi) is 24.3. The van der Waals surface area contributed by atoms with E-state index in [2.05, 4.69) is 398 Å². The van der Waals surface area contributed by atoms with E-state index in [4.69, 9.17) is 28.2 Å². The molecule has 0 saturated heterocycles. The second-order valence-electron chi connectivity index (χ2n) is 37.4. The maximum absolute atomic E-state index is 5.72. The lowest BCUT2D eigenvalue weighted by atomic mass is 10.1. The van der Waals surface area contributed by atoms with Crippen molar-refractivity contribution in [2.45, 2.75) is 55.4 Å². The van der Waals surface area contributed by atoms with Gasteiger partial charge in [0, 0.05) is 177 Å². The molecule has 0 aliphatic heterocycles. The molecule has 32 rings (SSSR count). The number of hydrogen-bond acceptors (Lipinski definition) is 15. The van der Waals surface area contributed by atoms with Crippen molar-refractivity contribution in [3.8, 4) is 23.4 Å². The molecule has 0 aliphatic rings. The highest BCUT2D eigenvalue weighted by atomic mass is 32.1. The number of thiophene rings is 3.